The second-order valence-electron chi connectivity index (χ2n) is 5.35. The fourth-order valence-corrected chi connectivity index (χ4v) is 3.95. The highest BCUT2D eigenvalue weighted by Gasteiger charge is 2.54. The van der Waals surface area contributed by atoms with Gasteiger partial charge >= 0.3 is 5.97 Å². The first-order valence-electron chi connectivity index (χ1n) is 5.86. The lowest BCUT2D eigenvalue weighted by atomic mass is 9.54. The van der Waals surface area contributed by atoms with Crippen LogP contribution in [-0.4, -0.2) is 17.9 Å². The second-order valence-corrected chi connectivity index (χ2v) is 5.35. The van der Waals surface area contributed by atoms with Crippen LogP contribution in [0.5, 0.6) is 0 Å². The van der Waals surface area contributed by atoms with Crippen molar-refractivity contribution in [2.45, 2.75) is 38.7 Å². The lowest BCUT2D eigenvalue weighted by Gasteiger charge is -2.52. The van der Waals surface area contributed by atoms with Crippen LogP contribution in [0.15, 0.2) is 0 Å². The van der Waals surface area contributed by atoms with Gasteiger partial charge in [-0.15, -0.1) is 0 Å². The number of esters is 1. The summed E-state index contributed by atoms with van der Waals surface area (Å²) >= 11 is 0. The first-order chi connectivity index (χ1) is 7.15. The first-order valence-corrected chi connectivity index (χ1v) is 5.86. The van der Waals surface area contributed by atoms with Crippen LogP contribution in [0.3, 0.4) is 0 Å². The minimum Gasteiger partial charge on any atom is -0.461 e. The predicted molar refractivity (Wildman–Crippen MR) is 53.0 cm³/mol. The van der Waals surface area contributed by atoms with E-state index in [9.17, 15) is 9.59 Å². The van der Waals surface area contributed by atoms with E-state index in [1.54, 1.807) is 0 Å². The summed E-state index contributed by atoms with van der Waals surface area (Å²) in [4.78, 5) is 23.0. The van der Waals surface area contributed by atoms with Gasteiger partial charge in [0.15, 0.2) is 0 Å². The molecule has 4 aliphatic rings. The van der Waals surface area contributed by atoms with Crippen molar-refractivity contribution in [2.24, 2.45) is 23.7 Å². The van der Waals surface area contributed by atoms with E-state index in [0.717, 1.165) is 31.6 Å². The molecule has 0 radical (unpaired) electrons. The van der Waals surface area contributed by atoms with Gasteiger partial charge < -0.3 is 4.74 Å². The maximum atomic E-state index is 12.0. The Morgan fingerprint density at radius 3 is 2.80 bits per heavy atom. The Labute approximate surface area is 89.2 Å². The van der Waals surface area contributed by atoms with Gasteiger partial charge in [-0.3, -0.25) is 9.59 Å². The van der Waals surface area contributed by atoms with Gasteiger partial charge in [-0.1, -0.05) is 0 Å². The van der Waals surface area contributed by atoms with Gasteiger partial charge in [0.2, 0.25) is 0 Å². The Bertz CT molecular complexity index is 323. The van der Waals surface area contributed by atoms with Crippen LogP contribution >= 0.6 is 0 Å². The van der Waals surface area contributed by atoms with Crippen molar-refractivity contribution in [3.63, 3.8) is 0 Å². The number of hydrogen-bond donors (Lipinski definition) is 0. The van der Waals surface area contributed by atoms with E-state index in [1.807, 2.05) is 0 Å². The fraction of sp³-hybridized carbons (Fsp3) is 0.833. The minimum absolute atomic E-state index is 0.0325. The van der Waals surface area contributed by atoms with Crippen molar-refractivity contribution < 1.29 is 14.3 Å². The zero-order valence-electron chi connectivity index (χ0n) is 8.94. The van der Waals surface area contributed by atoms with E-state index < -0.39 is 0 Å². The monoisotopic (exact) mass is 208 g/mol. The maximum Gasteiger partial charge on any atom is 0.302 e. The third kappa shape index (κ3) is 1.32. The quantitative estimate of drug-likeness (QED) is 0.614. The van der Waals surface area contributed by atoms with Gasteiger partial charge in [0.05, 0.1) is 5.92 Å². The molecular formula is C12H16O3. The van der Waals surface area contributed by atoms with Gasteiger partial charge in [0.25, 0.3) is 0 Å². The molecule has 5 atom stereocenters. The Morgan fingerprint density at radius 2 is 2.07 bits per heavy atom. The smallest absolute Gasteiger partial charge is 0.302 e. The molecule has 0 amide bonds. The average Bonchev–Trinajstić information content (AvgIpc) is 2.18. The highest BCUT2D eigenvalue weighted by Crippen LogP contribution is 2.52. The molecule has 3 nitrogen and oxygen atoms in total. The summed E-state index contributed by atoms with van der Waals surface area (Å²) in [6.45, 7) is 1.44. The number of carbonyl (C=O) groups is 2. The molecular weight excluding hydrogens is 192 g/mol. The zero-order valence-corrected chi connectivity index (χ0v) is 8.94. The van der Waals surface area contributed by atoms with Crippen LogP contribution in [0.2, 0.25) is 0 Å². The van der Waals surface area contributed by atoms with Crippen LogP contribution in [0.25, 0.3) is 0 Å². The van der Waals surface area contributed by atoms with Crippen LogP contribution in [0.4, 0.5) is 0 Å². The van der Waals surface area contributed by atoms with Crippen molar-refractivity contribution >= 4 is 11.8 Å². The molecule has 4 saturated carbocycles. The summed E-state index contributed by atoms with van der Waals surface area (Å²) in [6, 6.07) is 0. The molecule has 4 fully saturated rings. The maximum absolute atomic E-state index is 12.0. The molecule has 4 rings (SSSR count). The summed E-state index contributed by atoms with van der Waals surface area (Å²) in [6.07, 6.45) is 4.09. The average molecular weight is 208 g/mol. The van der Waals surface area contributed by atoms with Crippen LogP contribution in [0.1, 0.15) is 32.6 Å². The Hall–Kier alpha value is -0.860. The van der Waals surface area contributed by atoms with E-state index >= 15 is 0 Å². The number of ether oxygens (including phenoxy) is 1. The van der Waals surface area contributed by atoms with E-state index in [4.69, 9.17) is 4.74 Å². The molecule has 0 unspecified atom stereocenters. The summed E-state index contributed by atoms with van der Waals surface area (Å²) in [5, 5.41) is 0. The molecule has 0 N–H and O–H groups in total. The molecule has 15 heavy (non-hydrogen) atoms. The fourth-order valence-electron chi connectivity index (χ4n) is 3.95. The number of rotatable bonds is 1. The molecule has 3 heteroatoms. The Morgan fingerprint density at radius 1 is 1.27 bits per heavy atom. The number of Topliss-reactive ketones (excluding diaryl/α,β-unsaturated/α-hetero) is 1. The normalized spacial score (nSPS) is 47.0. The second kappa shape index (κ2) is 3.06. The molecule has 4 aliphatic carbocycles. The molecule has 0 heterocycles. The topological polar surface area (TPSA) is 43.4 Å². The summed E-state index contributed by atoms with van der Waals surface area (Å²) in [5.74, 6) is 1.65. The van der Waals surface area contributed by atoms with E-state index in [1.165, 1.54) is 6.92 Å². The van der Waals surface area contributed by atoms with Crippen molar-refractivity contribution in [3.8, 4) is 0 Å². The molecule has 0 aromatic heterocycles. The van der Waals surface area contributed by atoms with Crippen molar-refractivity contribution in [3.05, 3.63) is 0 Å². The molecule has 4 bridgehead atoms. The molecule has 0 saturated heterocycles. The van der Waals surface area contributed by atoms with Gasteiger partial charge in [0, 0.05) is 12.8 Å². The summed E-state index contributed by atoms with van der Waals surface area (Å²) in [7, 11) is 0. The first kappa shape index (κ1) is 9.37. The van der Waals surface area contributed by atoms with Crippen molar-refractivity contribution in [2.75, 3.05) is 0 Å². The molecule has 0 spiro atoms. The molecule has 0 aromatic rings. The number of ketones is 1. The highest BCUT2D eigenvalue weighted by molar-refractivity contribution is 5.86. The van der Waals surface area contributed by atoms with Crippen LogP contribution in [0, 0.1) is 23.7 Å². The molecule has 0 aromatic carbocycles. The van der Waals surface area contributed by atoms with Crippen LogP contribution < -0.4 is 0 Å². The van der Waals surface area contributed by atoms with Crippen molar-refractivity contribution in [1.82, 2.24) is 0 Å². The summed E-state index contributed by atoms with van der Waals surface area (Å²) < 4.78 is 5.34. The molecule has 82 valence electrons. The standard InChI is InChI=1S/C12H16O3/c1-6(13)15-12-9-3-7-2-8(5-9)11(14)10(12)4-7/h7-10,12H,2-5H2,1H3/t7-,8+,9-,10+,12-/m0/s1. The van der Waals surface area contributed by atoms with Gasteiger partial charge in [-0.2, -0.15) is 0 Å². The third-order valence-electron chi connectivity index (χ3n) is 4.36. The Kier molecular flexibility index (Phi) is 1.91. The van der Waals surface area contributed by atoms with E-state index in [-0.39, 0.29) is 18.0 Å². The lowest BCUT2D eigenvalue weighted by molar-refractivity contribution is -0.173. The highest BCUT2D eigenvalue weighted by atomic mass is 16.5. The third-order valence-corrected chi connectivity index (χ3v) is 4.36. The Balaban J connectivity index is 1.85. The summed E-state index contributed by atoms with van der Waals surface area (Å²) in [5.41, 5.74) is 0. The molecule has 0 aliphatic heterocycles. The van der Waals surface area contributed by atoms with Gasteiger partial charge in [-0.05, 0) is 37.5 Å². The predicted octanol–water partition coefficient (Wildman–Crippen LogP) is 1.55. The van der Waals surface area contributed by atoms with E-state index in [0.29, 0.717) is 17.6 Å². The SMILES string of the molecule is CC(=O)O[C@H]1[C@H]2C[C@@H]3C[C@H](C2)C(=O)[C@H]1C3. The number of carbonyl (C=O) groups excluding carboxylic acids is 2. The number of hydrogen-bond acceptors (Lipinski definition) is 3. The van der Waals surface area contributed by atoms with Gasteiger partial charge in [-0.25, -0.2) is 0 Å². The largest absolute Gasteiger partial charge is 0.461 e. The van der Waals surface area contributed by atoms with Crippen molar-refractivity contribution in [1.29, 1.82) is 0 Å². The minimum atomic E-state index is -0.236. The van der Waals surface area contributed by atoms with E-state index in [2.05, 4.69) is 0 Å². The van der Waals surface area contributed by atoms with Crippen LogP contribution in [-0.2, 0) is 14.3 Å². The van der Waals surface area contributed by atoms with Gasteiger partial charge in [0.1, 0.15) is 11.9 Å². The lowest BCUT2D eigenvalue weighted by Crippen LogP contribution is -2.55. The zero-order chi connectivity index (χ0) is 10.6.